The van der Waals surface area contributed by atoms with Gasteiger partial charge in [-0.1, -0.05) is 6.42 Å². The number of piperazine rings is 1. The van der Waals surface area contributed by atoms with Crippen LogP contribution in [-0.2, 0) is 6.54 Å². The molecule has 2 saturated heterocycles. The summed E-state index contributed by atoms with van der Waals surface area (Å²) in [5, 5.41) is 0. The van der Waals surface area contributed by atoms with Crippen molar-refractivity contribution in [1.29, 1.82) is 0 Å². The van der Waals surface area contributed by atoms with Gasteiger partial charge in [-0.2, -0.15) is 0 Å². The van der Waals surface area contributed by atoms with E-state index in [1.807, 2.05) is 18.2 Å². The molecule has 110 valence electrons. The van der Waals surface area contributed by atoms with Crippen molar-refractivity contribution in [3.63, 3.8) is 0 Å². The lowest BCUT2D eigenvalue weighted by molar-refractivity contribution is 0.0453. The highest BCUT2D eigenvalue weighted by molar-refractivity contribution is 5.47. The van der Waals surface area contributed by atoms with Crippen LogP contribution in [0.3, 0.4) is 0 Å². The third-order valence-electron chi connectivity index (χ3n) is 4.62. The monoisotopic (exact) mass is 275 g/mol. The smallest absolute Gasteiger partial charge is 0.123 e. The van der Waals surface area contributed by atoms with E-state index >= 15 is 0 Å². The van der Waals surface area contributed by atoms with E-state index in [1.54, 1.807) is 7.11 Å². The zero-order valence-electron chi connectivity index (χ0n) is 12.3. The van der Waals surface area contributed by atoms with E-state index < -0.39 is 0 Å². The summed E-state index contributed by atoms with van der Waals surface area (Å²) in [6.07, 6.45) is 4.11. The van der Waals surface area contributed by atoms with Crippen molar-refractivity contribution in [1.82, 2.24) is 9.80 Å². The molecule has 1 aromatic carbocycles. The molecule has 0 bridgehead atoms. The summed E-state index contributed by atoms with van der Waals surface area (Å²) in [7, 11) is 1.73. The largest absolute Gasteiger partial charge is 0.496 e. The van der Waals surface area contributed by atoms with Gasteiger partial charge in [0.15, 0.2) is 0 Å². The number of methoxy groups -OCH3 is 1. The molecule has 2 fully saturated rings. The minimum atomic E-state index is 0.754. The first kappa shape index (κ1) is 13.7. The Balaban J connectivity index is 1.67. The first-order chi connectivity index (χ1) is 9.76. The van der Waals surface area contributed by atoms with Crippen molar-refractivity contribution in [2.24, 2.45) is 0 Å². The van der Waals surface area contributed by atoms with Crippen LogP contribution in [-0.4, -0.2) is 49.1 Å². The summed E-state index contributed by atoms with van der Waals surface area (Å²) in [6.45, 7) is 5.76. The highest BCUT2D eigenvalue weighted by Crippen LogP contribution is 2.26. The van der Waals surface area contributed by atoms with Gasteiger partial charge < -0.3 is 10.5 Å². The lowest BCUT2D eigenvalue weighted by Crippen LogP contribution is -2.54. The SMILES string of the molecule is COc1ccc(N)cc1CN1CCN2CCCCC2C1. The van der Waals surface area contributed by atoms with Crippen molar-refractivity contribution in [2.75, 3.05) is 39.0 Å². The molecule has 2 aliphatic rings. The first-order valence-electron chi connectivity index (χ1n) is 7.65. The molecule has 20 heavy (non-hydrogen) atoms. The van der Waals surface area contributed by atoms with Gasteiger partial charge in [-0.15, -0.1) is 0 Å². The van der Waals surface area contributed by atoms with Gasteiger partial charge in [-0.05, 0) is 37.6 Å². The number of rotatable bonds is 3. The van der Waals surface area contributed by atoms with Crippen molar-refractivity contribution in [2.45, 2.75) is 31.8 Å². The maximum atomic E-state index is 5.91. The Kier molecular flexibility index (Phi) is 4.13. The van der Waals surface area contributed by atoms with Crippen molar-refractivity contribution in [3.05, 3.63) is 23.8 Å². The fraction of sp³-hybridized carbons (Fsp3) is 0.625. The molecular weight excluding hydrogens is 250 g/mol. The van der Waals surface area contributed by atoms with Crippen LogP contribution in [0.15, 0.2) is 18.2 Å². The normalized spacial score (nSPS) is 24.4. The Morgan fingerprint density at radius 3 is 3.00 bits per heavy atom. The Labute approximate surface area is 121 Å². The number of hydrogen-bond acceptors (Lipinski definition) is 4. The van der Waals surface area contributed by atoms with Crippen LogP contribution in [0.25, 0.3) is 0 Å². The van der Waals surface area contributed by atoms with Gasteiger partial charge in [0.25, 0.3) is 0 Å². The van der Waals surface area contributed by atoms with Crippen molar-refractivity contribution in [3.8, 4) is 5.75 Å². The van der Waals surface area contributed by atoms with Crippen LogP contribution in [0.5, 0.6) is 5.75 Å². The number of nitrogens with two attached hydrogens (primary N) is 1. The van der Waals surface area contributed by atoms with Crippen molar-refractivity contribution >= 4 is 5.69 Å². The van der Waals surface area contributed by atoms with Gasteiger partial charge in [-0.25, -0.2) is 0 Å². The number of ether oxygens (including phenoxy) is 1. The number of hydrogen-bond donors (Lipinski definition) is 1. The number of piperidine rings is 1. The standard InChI is InChI=1S/C16H25N3O/c1-20-16-6-5-14(17)10-13(16)11-18-8-9-19-7-3-2-4-15(19)12-18/h5-6,10,15H,2-4,7-9,11-12,17H2,1H3. The Bertz CT molecular complexity index is 463. The second kappa shape index (κ2) is 6.02. The molecule has 2 heterocycles. The van der Waals surface area contributed by atoms with Gasteiger partial charge >= 0.3 is 0 Å². The Hall–Kier alpha value is -1.26. The van der Waals surface area contributed by atoms with E-state index in [-0.39, 0.29) is 0 Å². The lowest BCUT2D eigenvalue weighted by Gasteiger charge is -2.44. The van der Waals surface area contributed by atoms with Crippen molar-refractivity contribution < 1.29 is 4.74 Å². The molecule has 1 aromatic rings. The summed E-state index contributed by atoms with van der Waals surface area (Å²) < 4.78 is 5.46. The van der Waals surface area contributed by atoms with Gasteiger partial charge in [-0.3, -0.25) is 9.80 Å². The van der Waals surface area contributed by atoms with Crippen LogP contribution < -0.4 is 10.5 Å². The molecule has 3 rings (SSSR count). The maximum Gasteiger partial charge on any atom is 0.123 e. The molecule has 0 spiro atoms. The lowest BCUT2D eigenvalue weighted by atomic mass is 9.99. The third kappa shape index (κ3) is 2.91. The summed E-state index contributed by atoms with van der Waals surface area (Å²) in [5.41, 5.74) is 7.93. The molecule has 4 nitrogen and oxygen atoms in total. The molecule has 0 radical (unpaired) electrons. The first-order valence-corrected chi connectivity index (χ1v) is 7.65. The fourth-order valence-corrected chi connectivity index (χ4v) is 3.53. The number of fused-ring (bicyclic) bond motifs is 1. The van der Waals surface area contributed by atoms with Crippen LogP contribution in [0.1, 0.15) is 24.8 Å². The number of nitrogens with zero attached hydrogens (tertiary/aromatic N) is 2. The number of benzene rings is 1. The summed E-state index contributed by atoms with van der Waals surface area (Å²) in [5.74, 6) is 0.949. The molecule has 2 N–H and O–H groups in total. The summed E-state index contributed by atoms with van der Waals surface area (Å²) in [6, 6.07) is 6.68. The third-order valence-corrected chi connectivity index (χ3v) is 4.62. The zero-order chi connectivity index (χ0) is 13.9. The summed E-state index contributed by atoms with van der Waals surface area (Å²) >= 11 is 0. The maximum absolute atomic E-state index is 5.91. The van der Waals surface area contributed by atoms with E-state index in [1.165, 1.54) is 44.5 Å². The Morgan fingerprint density at radius 2 is 2.15 bits per heavy atom. The topological polar surface area (TPSA) is 41.7 Å². The predicted octanol–water partition coefficient (Wildman–Crippen LogP) is 1.95. The van der Waals surface area contributed by atoms with E-state index in [4.69, 9.17) is 10.5 Å². The quantitative estimate of drug-likeness (QED) is 0.856. The molecule has 0 aromatic heterocycles. The predicted molar refractivity (Wildman–Crippen MR) is 81.9 cm³/mol. The molecule has 0 aliphatic carbocycles. The molecule has 1 atom stereocenters. The minimum absolute atomic E-state index is 0.754. The van der Waals surface area contributed by atoms with E-state index in [2.05, 4.69) is 9.80 Å². The van der Waals surface area contributed by atoms with Gasteiger partial charge in [0.2, 0.25) is 0 Å². The zero-order valence-corrected chi connectivity index (χ0v) is 12.3. The van der Waals surface area contributed by atoms with E-state index in [0.717, 1.165) is 30.6 Å². The highest BCUT2D eigenvalue weighted by Gasteiger charge is 2.28. The van der Waals surface area contributed by atoms with Gasteiger partial charge in [0, 0.05) is 43.5 Å². The molecule has 2 aliphatic heterocycles. The molecule has 4 heteroatoms. The van der Waals surface area contributed by atoms with Gasteiger partial charge in [0.1, 0.15) is 5.75 Å². The van der Waals surface area contributed by atoms with E-state index in [0.29, 0.717) is 0 Å². The molecule has 0 saturated carbocycles. The second-order valence-corrected chi connectivity index (χ2v) is 5.99. The Morgan fingerprint density at radius 1 is 1.25 bits per heavy atom. The molecular formula is C16H25N3O. The van der Waals surface area contributed by atoms with E-state index in [9.17, 15) is 0 Å². The fourth-order valence-electron chi connectivity index (χ4n) is 3.53. The summed E-state index contributed by atoms with van der Waals surface area (Å²) in [4.78, 5) is 5.21. The van der Waals surface area contributed by atoms with Crippen LogP contribution in [0, 0.1) is 0 Å². The minimum Gasteiger partial charge on any atom is -0.496 e. The van der Waals surface area contributed by atoms with Crippen LogP contribution in [0.2, 0.25) is 0 Å². The van der Waals surface area contributed by atoms with Gasteiger partial charge in [0.05, 0.1) is 7.11 Å². The second-order valence-electron chi connectivity index (χ2n) is 5.99. The highest BCUT2D eigenvalue weighted by atomic mass is 16.5. The number of anilines is 1. The molecule has 0 amide bonds. The average Bonchev–Trinajstić information content (AvgIpc) is 2.47. The number of nitrogen functional groups attached to an aromatic ring is 1. The average molecular weight is 275 g/mol. The van der Waals surface area contributed by atoms with Crippen LogP contribution >= 0.6 is 0 Å². The van der Waals surface area contributed by atoms with Crippen LogP contribution in [0.4, 0.5) is 5.69 Å². The molecule has 1 unspecified atom stereocenters.